The second kappa shape index (κ2) is 6.24. The summed E-state index contributed by atoms with van der Waals surface area (Å²) in [4.78, 5) is 36.2. The molecule has 4 rings (SSSR count). The summed E-state index contributed by atoms with van der Waals surface area (Å²) in [5.41, 5.74) is 2.61. The third-order valence-electron chi connectivity index (χ3n) is 4.04. The van der Waals surface area contributed by atoms with Gasteiger partial charge in [0.05, 0.1) is 11.4 Å². The van der Waals surface area contributed by atoms with Crippen molar-refractivity contribution in [2.75, 3.05) is 0 Å². The number of fused-ring (bicyclic) bond motifs is 1. The number of nitrogens with one attached hydrogen (secondary N) is 1. The number of aryl methyl sites for hydroxylation is 1. The summed E-state index contributed by atoms with van der Waals surface area (Å²) in [5.74, 6) is 0. The van der Waals surface area contributed by atoms with Crippen LogP contribution in [0.15, 0.2) is 64.4 Å². The standard InChI is InChI=1S/C19H13ClN4O2/c1-24-10-12(9-13(20)19(24)26)16-15(11-5-3-2-4-6-11)23-18-17(22-16)14(25)7-8-21-18/h2-10H,1H3,(H,21,23,25). The summed E-state index contributed by atoms with van der Waals surface area (Å²) in [6.45, 7) is 0. The monoisotopic (exact) mass is 364 g/mol. The minimum absolute atomic E-state index is 0.0767. The molecule has 0 bridgehead atoms. The average Bonchev–Trinajstić information content (AvgIpc) is 2.66. The maximum Gasteiger partial charge on any atom is 0.269 e. The Kier molecular flexibility index (Phi) is 3.89. The molecule has 1 N–H and O–H groups in total. The number of halogens is 1. The van der Waals surface area contributed by atoms with E-state index in [2.05, 4.69) is 15.0 Å². The molecule has 3 aromatic heterocycles. The van der Waals surface area contributed by atoms with Crippen molar-refractivity contribution in [2.24, 2.45) is 7.05 Å². The van der Waals surface area contributed by atoms with Gasteiger partial charge in [-0.1, -0.05) is 41.9 Å². The highest BCUT2D eigenvalue weighted by atomic mass is 35.5. The molecule has 0 aliphatic rings. The van der Waals surface area contributed by atoms with Gasteiger partial charge in [-0.2, -0.15) is 0 Å². The lowest BCUT2D eigenvalue weighted by atomic mass is 10.1. The first kappa shape index (κ1) is 16.2. The topological polar surface area (TPSA) is 80.6 Å². The van der Waals surface area contributed by atoms with Gasteiger partial charge in [0.1, 0.15) is 5.02 Å². The van der Waals surface area contributed by atoms with Gasteiger partial charge in [-0.3, -0.25) is 9.59 Å². The van der Waals surface area contributed by atoms with Crippen LogP contribution in [0.25, 0.3) is 33.7 Å². The first-order chi connectivity index (χ1) is 12.5. The quantitative estimate of drug-likeness (QED) is 0.593. The van der Waals surface area contributed by atoms with Gasteiger partial charge in [-0.05, 0) is 6.07 Å². The Morgan fingerprint density at radius 2 is 1.73 bits per heavy atom. The Morgan fingerprint density at radius 1 is 1.00 bits per heavy atom. The Morgan fingerprint density at radius 3 is 2.46 bits per heavy atom. The lowest BCUT2D eigenvalue weighted by molar-refractivity contribution is 0.862. The van der Waals surface area contributed by atoms with Crippen molar-refractivity contribution in [1.82, 2.24) is 19.5 Å². The highest BCUT2D eigenvalue weighted by molar-refractivity contribution is 6.30. The maximum atomic E-state index is 12.2. The molecule has 3 heterocycles. The van der Waals surface area contributed by atoms with Gasteiger partial charge in [0.15, 0.2) is 11.2 Å². The van der Waals surface area contributed by atoms with E-state index in [1.54, 1.807) is 19.3 Å². The molecule has 0 spiro atoms. The fraction of sp³-hybridized carbons (Fsp3) is 0.0526. The number of aromatic amines is 1. The van der Waals surface area contributed by atoms with Crippen molar-refractivity contribution in [2.45, 2.75) is 0 Å². The van der Waals surface area contributed by atoms with Crippen LogP contribution >= 0.6 is 11.6 Å². The van der Waals surface area contributed by atoms with Crippen molar-refractivity contribution >= 4 is 22.8 Å². The minimum atomic E-state index is -0.303. The van der Waals surface area contributed by atoms with E-state index in [1.807, 2.05) is 30.3 Å². The van der Waals surface area contributed by atoms with E-state index >= 15 is 0 Å². The lowest BCUT2D eigenvalue weighted by Crippen LogP contribution is -2.16. The normalized spacial score (nSPS) is 11.0. The van der Waals surface area contributed by atoms with E-state index in [-0.39, 0.29) is 21.5 Å². The number of rotatable bonds is 2. The Balaban J connectivity index is 2.11. The zero-order valence-corrected chi connectivity index (χ0v) is 14.5. The molecular formula is C19H13ClN4O2. The molecule has 0 saturated heterocycles. The third-order valence-corrected chi connectivity index (χ3v) is 4.32. The first-order valence-electron chi connectivity index (χ1n) is 7.86. The van der Waals surface area contributed by atoms with Gasteiger partial charge in [0.25, 0.3) is 5.56 Å². The fourth-order valence-corrected chi connectivity index (χ4v) is 3.03. The van der Waals surface area contributed by atoms with Crippen molar-refractivity contribution in [3.05, 3.63) is 80.5 Å². The summed E-state index contributed by atoms with van der Waals surface area (Å²) in [7, 11) is 1.61. The van der Waals surface area contributed by atoms with E-state index in [9.17, 15) is 9.59 Å². The number of hydrogen-bond acceptors (Lipinski definition) is 4. The number of hydrogen-bond donors (Lipinski definition) is 1. The minimum Gasteiger partial charge on any atom is -0.345 e. The van der Waals surface area contributed by atoms with Gasteiger partial charge >= 0.3 is 0 Å². The number of nitrogens with zero attached hydrogens (tertiary/aromatic N) is 3. The average molecular weight is 365 g/mol. The zero-order valence-electron chi connectivity index (χ0n) is 13.7. The Labute approximate surface area is 152 Å². The Hall–Kier alpha value is -3.25. The van der Waals surface area contributed by atoms with Gasteiger partial charge in [0.2, 0.25) is 5.43 Å². The zero-order chi connectivity index (χ0) is 18.3. The molecule has 4 aromatic rings. The molecule has 0 aliphatic heterocycles. The van der Waals surface area contributed by atoms with Crippen LogP contribution in [0, 0.1) is 0 Å². The van der Waals surface area contributed by atoms with E-state index in [1.165, 1.54) is 16.8 Å². The van der Waals surface area contributed by atoms with E-state index in [0.29, 0.717) is 22.6 Å². The summed E-state index contributed by atoms with van der Waals surface area (Å²) in [5, 5.41) is 0.0767. The molecule has 0 radical (unpaired) electrons. The molecule has 1 aromatic carbocycles. The van der Waals surface area contributed by atoms with Crippen LogP contribution in [-0.2, 0) is 7.05 Å². The van der Waals surface area contributed by atoms with Crippen LogP contribution < -0.4 is 11.0 Å². The van der Waals surface area contributed by atoms with Crippen molar-refractivity contribution in [3.8, 4) is 22.5 Å². The number of aromatic nitrogens is 4. The molecule has 6 nitrogen and oxygen atoms in total. The van der Waals surface area contributed by atoms with Gasteiger partial charge in [-0.25, -0.2) is 9.97 Å². The van der Waals surface area contributed by atoms with Gasteiger partial charge in [-0.15, -0.1) is 0 Å². The SMILES string of the molecule is Cn1cc(-c2nc3c(=O)cc[nH]c3nc2-c2ccccc2)cc(Cl)c1=O. The number of pyridine rings is 2. The largest absolute Gasteiger partial charge is 0.345 e. The lowest BCUT2D eigenvalue weighted by Gasteiger charge is -2.11. The summed E-state index contributed by atoms with van der Waals surface area (Å²) in [6.07, 6.45) is 3.17. The van der Waals surface area contributed by atoms with E-state index < -0.39 is 0 Å². The number of benzene rings is 1. The van der Waals surface area contributed by atoms with Gasteiger partial charge in [0, 0.05) is 36.6 Å². The number of H-pyrrole nitrogens is 1. The van der Waals surface area contributed by atoms with Gasteiger partial charge < -0.3 is 9.55 Å². The molecule has 0 saturated carbocycles. The van der Waals surface area contributed by atoms with Crippen LogP contribution in [0.1, 0.15) is 0 Å². The Bertz CT molecular complexity index is 1220. The van der Waals surface area contributed by atoms with Crippen molar-refractivity contribution in [1.29, 1.82) is 0 Å². The van der Waals surface area contributed by atoms with E-state index in [0.717, 1.165) is 5.56 Å². The third kappa shape index (κ3) is 2.70. The van der Waals surface area contributed by atoms with E-state index in [4.69, 9.17) is 11.6 Å². The van der Waals surface area contributed by atoms with Crippen molar-refractivity contribution in [3.63, 3.8) is 0 Å². The van der Waals surface area contributed by atoms with Crippen LogP contribution in [0.4, 0.5) is 0 Å². The van der Waals surface area contributed by atoms with Crippen LogP contribution in [-0.4, -0.2) is 19.5 Å². The van der Waals surface area contributed by atoms with Crippen LogP contribution in [0.2, 0.25) is 5.02 Å². The molecule has 0 amide bonds. The predicted molar refractivity (Wildman–Crippen MR) is 101 cm³/mol. The molecule has 0 atom stereocenters. The second-order valence-corrected chi connectivity index (χ2v) is 6.23. The summed E-state index contributed by atoms with van der Waals surface area (Å²) in [6, 6.07) is 12.5. The smallest absolute Gasteiger partial charge is 0.269 e. The first-order valence-corrected chi connectivity index (χ1v) is 8.24. The van der Waals surface area contributed by atoms with Crippen molar-refractivity contribution < 1.29 is 0 Å². The highest BCUT2D eigenvalue weighted by Gasteiger charge is 2.16. The molecule has 0 aliphatic carbocycles. The maximum absolute atomic E-state index is 12.2. The summed E-state index contributed by atoms with van der Waals surface area (Å²) >= 11 is 6.07. The molecule has 128 valence electrons. The van der Waals surface area contributed by atoms with Crippen LogP contribution in [0.3, 0.4) is 0 Å². The molecule has 26 heavy (non-hydrogen) atoms. The molecule has 0 unspecified atom stereocenters. The summed E-state index contributed by atoms with van der Waals surface area (Å²) < 4.78 is 1.38. The molecule has 7 heteroatoms. The van der Waals surface area contributed by atoms with Crippen LogP contribution in [0.5, 0.6) is 0 Å². The predicted octanol–water partition coefficient (Wildman–Crippen LogP) is 3.00. The molecular weight excluding hydrogens is 352 g/mol. The highest BCUT2D eigenvalue weighted by Crippen LogP contribution is 2.30. The fourth-order valence-electron chi connectivity index (χ4n) is 2.78. The second-order valence-electron chi connectivity index (χ2n) is 5.82. The molecule has 0 fully saturated rings.